The molecule has 2 heterocycles. The van der Waals surface area contributed by atoms with Crippen molar-refractivity contribution in [1.29, 1.82) is 0 Å². The van der Waals surface area contributed by atoms with Crippen LogP contribution >= 0.6 is 0 Å². The molecule has 0 aliphatic heterocycles. The number of benzene rings is 7. The van der Waals surface area contributed by atoms with Gasteiger partial charge in [-0.1, -0.05) is 146 Å². The van der Waals surface area contributed by atoms with Gasteiger partial charge < -0.3 is 4.57 Å². The lowest BCUT2D eigenvalue weighted by Crippen LogP contribution is -2.55. The SMILES string of the molecule is c1ccc(-c2nc(-c3ccc(-c4cccc5c6ccccc6n(-c6ccccc6)c45)cc3)nc(-c3ccc4c(c3)-c3ccccc3C43C4CC5CC(C4)CC3C5)n2)cc1. The van der Waals surface area contributed by atoms with Gasteiger partial charge in [-0.3, -0.25) is 0 Å². The minimum absolute atomic E-state index is 0.138. The van der Waals surface area contributed by atoms with Crippen LogP contribution in [-0.2, 0) is 5.41 Å². The van der Waals surface area contributed by atoms with Gasteiger partial charge in [0.2, 0.25) is 0 Å². The number of hydrogen-bond donors (Lipinski definition) is 0. The Bertz CT molecular complexity index is 3080. The molecule has 0 atom stereocenters. The molecule has 1 spiro atoms. The van der Waals surface area contributed by atoms with Gasteiger partial charge in [-0.2, -0.15) is 0 Å². The molecule has 7 aromatic carbocycles. The van der Waals surface area contributed by atoms with Crippen molar-refractivity contribution in [2.75, 3.05) is 0 Å². The highest BCUT2D eigenvalue weighted by Crippen LogP contribution is 2.69. The Balaban J connectivity index is 0.937. The third-order valence-electron chi connectivity index (χ3n) is 14.6. The number of nitrogens with zero attached hydrogens (tertiary/aromatic N) is 4. The van der Waals surface area contributed by atoms with Gasteiger partial charge in [-0.15, -0.1) is 0 Å². The van der Waals surface area contributed by atoms with E-state index in [1.54, 1.807) is 11.1 Å². The summed E-state index contributed by atoms with van der Waals surface area (Å²) < 4.78 is 2.40. The van der Waals surface area contributed by atoms with Crippen molar-refractivity contribution in [3.63, 3.8) is 0 Å². The van der Waals surface area contributed by atoms with Crippen molar-refractivity contribution in [2.45, 2.75) is 37.5 Å². The lowest BCUT2D eigenvalue weighted by atomic mass is 9.43. The minimum atomic E-state index is 0.138. The molecule has 0 N–H and O–H groups in total. The second-order valence-corrected chi connectivity index (χ2v) is 17.6. The molecule has 282 valence electrons. The molecule has 0 unspecified atom stereocenters. The average molecular weight is 759 g/mol. The van der Waals surface area contributed by atoms with Crippen LogP contribution in [0.4, 0.5) is 0 Å². The van der Waals surface area contributed by atoms with E-state index in [-0.39, 0.29) is 5.41 Å². The van der Waals surface area contributed by atoms with E-state index in [1.807, 2.05) is 6.07 Å². The van der Waals surface area contributed by atoms with Gasteiger partial charge in [0.05, 0.1) is 11.0 Å². The van der Waals surface area contributed by atoms with Crippen molar-refractivity contribution in [3.8, 4) is 62.1 Å². The fraction of sp³-hybridized carbons (Fsp3) is 0.182. The summed E-state index contributed by atoms with van der Waals surface area (Å²) in [4.78, 5) is 15.6. The highest BCUT2D eigenvalue weighted by Gasteiger charge is 2.61. The molecule has 0 radical (unpaired) electrons. The van der Waals surface area contributed by atoms with Crippen LogP contribution in [0.25, 0.3) is 83.9 Å². The fourth-order valence-electron chi connectivity index (χ4n) is 12.5. The van der Waals surface area contributed by atoms with Crippen LogP contribution in [0.3, 0.4) is 0 Å². The van der Waals surface area contributed by atoms with Crippen molar-refractivity contribution < 1.29 is 0 Å². The van der Waals surface area contributed by atoms with E-state index in [0.29, 0.717) is 17.5 Å². The summed E-state index contributed by atoms with van der Waals surface area (Å²) in [6.45, 7) is 0. The Labute approximate surface area is 344 Å². The zero-order valence-electron chi connectivity index (χ0n) is 32.8. The molecule has 59 heavy (non-hydrogen) atoms. The first-order valence-electron chi connectivity index (χ1n) is 21.5. The average Bonchev–Trinajstić information content (AvgIpc) is 3.79. The van der Waals surface area contributed by atoms with Crippen molar-refractivity contribution in [1.82, 2.24) is 19.5 Å². The largest absolute Gasteiger partial charge is 0.309 e. The van der Waals surface area contributed by atoms with Gasteiger partial charge in [0.25, 0.3) is 0 Å². The van der Waals surface area contributed by atoms with Crippen molar-refractivity contribution >= 4 is 21.8 Å². The molecule has 2 aromatic heterocycles. The molecule has 0 amide bonds. The second kappa shape index (κ2) is 12.7. The zero-order valence-corrected chi connectivity index (χ0v) is 32.8. The number of aromatic nitrogens is 4. The van der Waals surface area contributed by atoms with Crippen LogP contribution < -0.4 is 0 Å². The van der Waals surface area contributed by atoms with E-state index >= 15 is 0 Å². The van der Waals surface area contributed by atoms with Gasteiger partial charge >= 0.3 is 0 Å². The zero-order chi connectivity index (χ0) is 38.7. The summed E-state index contributed by atoms with van der Waals surface area (Å²) in [5, 5.41) is 2.49. The Morgan fingerprint density at radius 2 is 0.949 bits per heavy atom. The number of para-hydroxylation sites is 3. The molecule has 4 fully saturated rings. The quantitative estimate of drug-likeness (QED) is 0.176. The molecule has 5 aliphatic rings. The molecule has 4 heteroatoms. The Hall–Kier alpha value is -6.65. The first-order chi connectivity index (χ1) is 29.2. The summed E-state index contributed by atoms with van der Waals surface area (Å²) in [6.07, 6.45) is 6.98. The number of rotatable bonds is 5. The molecular weight excluding hydrogens is 717 g/mol. The lowest BCUT2D eigenvalue weighted by molar-refractivity contribution is -0.0399. The summed E-state index contributed by atoms with van der Waals surface area (Å²) in [5.74, 6) is 5.38. The number of fused-ring (bicyclic) bond motifs is 6. The standard InChI is InChI=1S/C55H42N4/c1-3-12-37(13-4-1)52-56-53(38-24-22-36(23-25-38)43-18-11-19-46-45-17-8-10-21-50(45)59(51(43)46)42-14-5-2-6-15-42)58-54(57-52)39-26-27-49-47(33-39)44-16-7-9-20-48(44)55(49)40-29-34-28-35(31-40)32-41(55)30-34/h1-27,33-35,40-41H,28-32H2. The maximum atomic E-state index is 5.27. The van der Waals surface area contributed by atoms with Gasteiger partial charge in [-0.25, -0.2) is 15.0 Å². The van der Waals surface area contributed by atoms with Crippen LogP contribution in [0.15, 0.2) is 170 Å². The van der Waals surface area contributed by atoms with Gasteiger partial charge in [-0.05, 0) is 108 Å². The van der Waals surface area contributed by atoms with E-state index in [0.717, 1.165) is 51.6 Å². The lowest BCUT2D eigenvalue weighted by Gasteiger charge is -2.61. The van der Waals surface area contributed by atoms with E-state index in [9.17, 15) is 0 Å². The highest BCUT2D eigenvalue weighted by atomic mass is 15.0. The molecule has 4 saturated carbocycles. The van der Waals surface area contributed by atoms with E-state index in [2.05, 4.69) is 168 Å². The van der Waals surface area contributed by atoms with Crippen molar-refractivity contribution in [3.05, 3.63) is 181 Å². The number of hydrogen-bond acceptors (Lipinski definition) is 3. The normalized spacial score (nSPS) is 22.3. The molecule has 0 saturated heterocycles. The van der Waals surface area contributed by atoms with E-state index in [4.69, 9.17) is 15.0 Å². The molecular formula is C55H42N4. The van der Waals surface area contributed by atoms with Crippen LogP contribution in [0.1, 0.15) is 43.2 Å². The smallest absolute Gasteiger partial charge is 0.164 e. The van der Waals surface area contributed by atoms with Crippen LogP contribution in [0.5, 0.6) is 0 Å². The Morgan fingerprint density at radius 1 is 0.407 bits per heavy atom. The monoisotopic (exact) mass is 758 g/mol. The minimum Gasteiger partial charge on any atom is -0.309 e. The van der Waals surface area contributed by atoms with E-state index < -0.39 is 0 Å². The molecule has 9 aromatic rings. The summed E-state index contributed by atoms with van der Waals surface area (Å²) in [7, 11) is 0. The Kier molecular flexibility index (Phi) is 7.16. The molecule has 4 nitrogen and oxygen atoms in total. The van der Waals surface area contributed by atoms with Gasteiger partial charge in [0.1, 0.15) is 0 Å². The van der Waals surface area contributed by atoms with Gasteiger partial charge in [0.15, 0.2) is 17.5 Å². The third kappa shape index (κ3) is 4.86. The van der Waals surface area contributed by atoms with Gasteiger partial charge in [0, 0.05) is 44.1 Å². The maximum absolute atomic E-state index is 5.27. The Morgan fingerprint density at radius 3 is 1.69 bits per heavy atom. The van der Waals surface area contributed by atoms with Crippen LogP contribution in [-0.4, -0.2) is 19.5 Å². The summed E-state index contributed by atoms with van der Waals surface area (Å²) in [6, 6.07) is 61.7. The maximum Gasteiger partial charge on any atom is 0.164 e. The molecule has 5 aliphatic carbocycles. The topological polar surface area (TPSA) is 43.6 Å². The summed E-state index contributed by atoms with van der Waals surface area (Å²) >= 11 is 0. The van der Waals surface area contributed by atoms with Crippen LogP contribution in [0.2, 0.25) is 0 Å². The summed E-state index contributed by atoms with van der Waals surface area (Å²) in [5.41, 5.74) is 14.9. The predicted octanol–water partition coefficient (Wildman–Crippen LogP) is 13.4. The van der Waals surface area contributed by atoms with Crippen LogP contribution in [0, 0.1) is 23.7 Å². The van der Waals surface area contributed by atoms with E-state index in [1.165, 1.54) is 70.6 Å². The molecule has 4 bridgehead atoms. The third-order valence-corrected chi connectivity index (χ3v) is 14.6. The van der Waals surface area contributed by atoms with Crippen molar-refractivity contribution in [2.24, 2.45) is 23.7 Å². The predicted molar refractivity (Wildman–Crippen MR) is 239 cm³/mol. The second-order valence-electron chi connectivity index (χ2n) is 17.6. The first kappa shape index (κ1) is 33.3. The molecule has 14 rings (SSSR count). The first-order valence-corrected chi connectivity index (χ1v) is 21.5. The fourth-order valence-corrected chi connectivity index (χ4v) is 12.5. The highest BCUT2D eigenvalue weighted by molar-refractivity contribution is 6.13.